The Labute approximate surface area is 140 Å². The number of rotatable bonds is 3. The number of carbonyl (C=O) groups excluding carboxylic acids is 2. The van der Waals surface area contributed by atoms with E-state index in [2.05, 4.69) is 31.8 Å². The third-order valence-electron chi connectivity index (χ3n) is 2.52. The van der Waals surface area contributed by atoms with Crippen LogP contribution in [0.3, 0.4) is 0 Å². The predicted molar refractivity (Wildman–Crippen MR) is 90.0 cm³/mol. The van der Waals surface area contributed by atoms with Crippen molar-refractivity contribution in [3.05, 3.63) is 63.6 Å². The van der Waals surface area contributed by atoms with E-state index in [0.29, 0.717) is 16.3 Å². The van der Waals surface area contributed by atoms with Gasteiger partial charge in [0.05, 0.1) is 6.21 Å². The molecule has 0 saturated carbocycles. The van der Waals surface area contributed by atoms with Crippen molar-refractivity contribution >= 4 is 51.2 Å². The second kappa shape index (κ2) is 7.72. The molecule has 0 bridgehead atoms. The molecule has 0 radical (unpaired) electrons. The van der Waals surface area contributed by atoms with Gasteiger partial charge in [-0.3, -0.25) is 9.59 Å². The van der Waals surface area contributed by atoms with Gasteiger partial charge in [0.15, 0.2) is 0 Å². The Kier molecular flexibility index (Phi) is 5.68. The maximum atomic E-state index is 11.7. The molecule has 0 aliphatic rings. The van der Waals surface area contributed by atoms with Gasteiger partial charge in [-0.1, -0.05) is 45.7 Å². The van der Waals surface area contributed by atoms with Crippen LogP contribution in [0.25, 0.3) is 0 Å². The highest BCUT2D eigenvalue weighted by atomic mass is 79.9. The summed E-state index contributed by atoms with van der Waals surface area (Å²) >= 11 is 9.10. The number of hydrogen-bond acceptors (Lipinski definition) is 3. The van der Waals surface area contributed by atoms with Crippen molar-refractivity contribution in [2.24, 2.45) is 5.10 Å². The van der Waals surface area contributed by atoms with Crippen LogP contribution < -0.4 is 10.7 Å². The second-order valence-corrected chi connectivity index (χ2v) is 5.57. The summed E-state index contributed by atoms with van der Waals surface area (Å²) in [6.07, 6.45) is 1.40. The topological polar surface area (TPSA) is 70.6 Å². The summed E-state index contributed by atoms with van der Waals surface area (Å²) in [7, 11) is 0. The summed E-state index contributed by atoms with van der Waals surface area (Å²) in [5.41, 5.74) is 3.37. The molecule has 2 N–H and O–H groups in total. The first-order chi connectivity index (χ1) is 10.5. The van der Waals surface area contributed by atoms with E-state index in [-0.39, 0.29) is 0 Å². The van der Waals surface area contributed by atoms with Crippen LogP contribution in [0.1, 0.15) is 5.56 Å². The summed E-state index contributed by atoms with van der Waals surface area (Å²) < 4.78 is 0.796. The van der Waals surface area contributed by atoms with Crippen molar-refractivity contribution < 1.29 is 9.59 Å². The van der Waals surface area contributed by atoms with Gasteiger partial charge in [0.1, 0.15) is 0 Å². The summed E-state index contributed by atoms with van der Waals surface area (Å²) in [4.78, 5) is 23.3. The second-order valence-electron chi connectivity index (χ2n) is 4.22. The third kappa shape index (κ3) is 4.98. The van der Waals surface area contributed by atoms with Crippen molar-refractivity contribution in [1.29, 1.82) is 0 Å². The molecule has 7 heteroatoms. The summed E-state index contributed by atoms with van der Waals surface area (Å²) in [6, 6.07) is 13.8. The number of halogens is 2. The molecule has 2 rings (SSSR count). The van der Waals surface area contributed by atoms with Crippen molar-refractivity contribution in [3.63, 3.8) is 0 Å². The molecule has 0 unspecified atom stereocenters. The molecule has 0 atom stereocenters. The van der Waals surface area contributed by atoms with E-state index >= 15 is 0 Å². The first-order valence-corrected chi connectivity index (χ1v) is 7.37. The van der Waals surface area contributed by atoms with Crippen LogP contribution in [0.2, 0.25) is 5.02 Å². The van der Waals surface area contributed by atoms with E-state index in [4.69, 9.17) is 11.6 Å². The van der Waals surface area contributed by atoms with E-state index in [0.717, 1.165) is 4.47 Å². The van der Waals surface area contributed by atoms with Crippen LogP contribution in [0.15, 0.2) is 58.1 Å². The largest absolute Gasteiger partial charge is 0.329 e. The first kappa shape index (κ1) is 16.2. The fourth-order valence-electron chi connectivity index (χ4n) is 1.56. The highest BCUT2D eigenvalue weighted by Crippen LogP contribution is 2.15. The molecular formula is C15H11BrClN3O2. The molecular weight excluding hydrogens is 370 g/mol. The molecule has 22 heavy (non-hydrogen) atoms. The van der Waals surface area contributed by atoms with Gasteiger partial charge in [-0.05, 0) is 35.9 Å². The van der Waals surface area contributed by atoms with E-state index < -0.39 is 11.8 Å². The molecule has 2 amide bonds. The maximum Gasteiger partial charge on any atom is 0.329 e. The Balaban J connectivity index is 1.90. The maximum absolute atomic E-state index is 11.7. The summed E-state index contributed by atoms with van der Waals surface area (Å²) in [6.45, 7) is 0. The fraction of sp³-hybridized carbons (Fsp3) is 0. The Morgan fingerprint density at radius 1 is 1.09 bits per heavy atom. The van der Waals surface area contributed by atoms with E-state index in [1.807, 2.05) is 6.07 Å². The van der Waals surface area contributed by atoms with Crippen molar-refractivity contribution in [2.45, 2.75) is 0 Å². The molecule has 0 spiro atoms. The molecule has 0 fully saturated rings. The van der Waals surface area contributed by atoms with E-state index in [1.54, 1.807) is 42.5 Å². The lowest BCUT2D eigenvalue weighted by Crippen LogP contribution is -2.32. The SMILES string of the molecule is O=C(N/N=C\c1cccc(Cl)c1)C(=O)Nc1cccc(Br)c1. The number of anilines is 1. The quantitative estimate of drug-likeness (QED) is 0.488. The van der Waals surface area contributed by atoms with Gasteiger partial charge in [-0.2, -0.15) is 5.10 Å². The zero-order valence-electron chi connectivity index (χ0n) is 11.2. The zero-order chi connectivity index (χ0) is 15.9. The van der Waals surface area contributed by atoms with Crippen molar-refractivity contribution in [1.82, 2.24) is 5.43 Å². The zero-order valence-corrected chi connectivity index (χ0v) is 13.6. The minimum atomic E-state index is -0.863. The number of amides is 2. The van der Waals surface area contributed by atoms with Gasteiger partial charge in [-0.25, -0.2) is 5.43 Å². The highest BCUT2D eigenvalue weighted by molar-refractivity contribution is 9.10. The number of hydrogen-bond donors (Lipinski definition) is 2. The fourth-order valence-corrected chi connectivity index (χ4v) is 2.16. The number of benzene rings is 2. The van der Waals surface area contributed by atoms with Crippen LogP contribution in [-0.2, 0) is 9.59 Å². The van der Waals surface area contributed by atoms with Crippen LogP contribution in [0, 0.1) is 0 Å². The number of hydrazone groups is 1. The lowest BCUT2D eigenvalue weighted by molar-refractivity contribution is -0.136. The van der Waals surface area contributed by atoms with Gasteiger partial charge >= 0.3 is 11.8 Å². The Hall–Kier alpha value is -2.18. The summed E-state index contributed by atoms with van der Waals surface area (Å²) in [5, 5.41) is 6.73. The Morgan fingerprint density at radius 2 is 1.86 bits per heavy atom. The molecule has 112 valence electrons. The van der Waals surface area contributed by atoms with Crippen LogP contribution in [0.5, 0.6) is 0 Å². The number of nitrogens with one attached hydrogen (secondary N) is 2. The average Bonchev–Trinajstić information content (AvgIpc) is 2.47. The molecule has 2 aromatic rings. The van der Waals surface area contributed by atoms with Crippen molar-refractivity contribution in [2.75, 3.05) is 5.32 Å². The van der Waals surface area contributed by atoms with Crippen LogP contribution in [0.4, 0.5) is 5.69 Å². The Morgan fingerprint density at radius 3 is 2.59 bits per heavy atom. The van der Waals surface area contributed by atoms with E-state index in [1.165, 1.54) is 6.21 Å². The van der Waals surface area contributed by atoms with Gasteiger partial charge in [0, 0.05) is 15.2 Å². The van der Waals surface area contributed by atoms with Crippen LogP contribution in [-0.4, -0.2) is 18.0 Å². The summed E-state index contributed by atoms with van der Waals surface area (Å²) in [5.74, 6) is -1.67. The third-order valence-corrected chi connectivity index (χ3v) is 3.25. The molecule has 0 saturated heterocycles. The minimum Gasteiger partial charge on any atom is -0.318 e. The minimum absolute atomic E-state index is 0.508. The molecule has 5 nitrogen and oxygen atoms in total. The number of carbonyl (C=O) groups is 2. The van der Waals surface area contributed by atoms with Crippen molar-refractivity contribution in [3.8, 4) is 0 Å². The lowest BCUT2D eigenvalue weighted by Gasteiger charge is -2.04. The molecule has 0 aliphatic carbocycles. The van der Waals surface area contributed by atoms with Gasteiger partial charge < -0.3 is 5.32 Å². The predicted octanol–water partition coefficient (Wildman–Crippen LogP) is 3.19. The molecule has 2 aromatic carbocycles. The smallest absolute Gasteiger partial charge is 0.318 e. The lowest BCUT2D eigenvalue weighted by atomic mass is 10.2. The highest BCUT2D eigenvalue weighted by Gasteiger charge is 2.12. The molecule has 0 aliphatic heterocycles. The molecule has 0 heterocycles. The Bertz CT molecular complexity index is 734. The first-order valence-electron chi connectivity index (χ1n) is 6.20. The monoisotopic (exact) mass is 379 g/mol. The van der Waals surface area contributed by atoms with Gasteiger partial charge in [0.2, 0.25) is 0 Å². The normalized spacial score (nSPS) is 10.5. The average molecular weight is 381 g/mol. The van der Waals surface area contributed by atoms with Gasteiger partial charge in [0.25, 0.3) is 0 Å². The number of nitrogens with zero attached hydrogens (tertiary/aromatic N) is 1. The van der Waals surface area contributed by atoms with Crippen LogP contribution >= 0.6 is 27.5 Å². The standard InChI is InChI=1S/C15H11BrClN3O2/c16-11-4-2-6-13(8-11)19-14(21)15(22)20-18-9-10-3-1-5-12(17)7-10/h1-9H,(H,19,21)(H,20,22)/b18-9-. The van der Waals surface area contributed by atoms with Gasteiger partial charge in [-0.15, -0.1) is 0 Å². The molecule has 0 aromatic heterocycles. The van der Waals surface area contributed by atoms with E-state index in [9.17, 15) is 9.59 Å².